The first-order valence-electron chi connectivity index (χ1n) is 3.72. The largest absolute Gasteiger partial charge is 0.390 e. The second kappa shape index (κ2) is 3.06. The van der Waals surface area contributed by atoms with Gasteiger partial charge in [-0.1, -0.05) is 0 Å². The van der Waals surface area contributed by atoms with Gasteiger partial charge in [-0.2, -0.15) is 0 Å². The summed E-state index contributed by atoms with van der Waals surface area (Å²) in [5.74, 6) is -0.153. The number of carbonyl (C=O) groups is 1. The van der Waals surface area contributed by atoms with E-state index in [9.17, 15) is 9.90 Å². The van der Waals surface area contributed by atoms with Crippen LogP contribution in [0.25, 0.3) is 0 Å². The third kappa shape index (κ3) is 2.47. The molecule has 4 nitrogen and oxygen atoms in total. The SMILES string of the molecule is CC(C)(O)CC(=O)n1ccnc1. The normalized spacial score (nSPS) is 11.6. The predicted molar refractivity (Wildman–Crippen MR) is 43.8 cm³/mol. The van der Waals surface area contributed by atoms with Crippen LogP contribution >= 0.6 is 0 Å². The molecule has 0 radical (unpaired) electrons. The Balaban J connectivity index is 2.63. The van der Waals surface area contributed by atoms with Crippen LogP contribution in [-0.4, -0.2) is 26.2 Å². The number of nitrogens with zero attached hydrogens (tertiary/aromatic N) is 2. The van der Waals surface area contributed by atoms with Crippen LogP contribution in [0.1, 0.15) is 25.1 Å². The maximum Gasteiger partial charge on any atom is 0.234 e. The molecular weight excluding hydrogens is 156 g/mol. The lowest BCUT2D eigenvalue weighted by molar-refractivity contribution is 0.0530. The summed E-state index contributed by atoms with van der Waals surface area (Å²) in [7, 11) is 0. The molecule has 1 N–H and O–H groups in total. The first-order valence-corrected chi connectivity index (χ1v) is 3.72. The summed E-state index contributed by atoms with van der Waals surface area (Å²) >= 11 is 0. The minimum Gasteiger partial charge on any atom is -0.390 e. The minimum absolute atomic E-state index is 0.101. The van der Waals surface area contributed by atoms with Gasteiger partial charge in [0.15, 0.2) is 0 Å². The first-order chi connectivity index (χ1) is 5.49. The summed E-state index contributed by atoms with van der Waals surface area (Å²) in [6, 6.07) is 0. The Kier molecular flexibility index (Phi) is 2.28. The molecule has 0 aromatic carbocycles. The number of hydrogen-bond donors (Lipinski definition) is 1. The third-order valence-electron chi connectivity index (χ3n) is 1.38. The molecular formula is C8H12N2O2. The Bertz CT molecular complexity index is 259. The molecule has 0 saturated heterocycles. The van der Waals surface area contributed by atoms with E-state index in [1.807, 2.05) is 0 Å². The van der Waals surface area contributed by atoms with Gasteiger partial charge in [0.05, 0.1) is 12.0 Å². The van der Waals surface area contributed by atoms with Crippen molar-refractivity contribution < 1.29 is 9.90 Å². The molecule has 12 heavy (non-hydrogen) atoms. The van der Waals surface area contributed by atoms with E-state index in [2.05, 4.69) is 4.98 Å². The Hall–Kier alpha value is -1.16. The monoisotopic (exact) mass is 168 g/mol. The maximum absolute atomic E-state index is 11.3. The number of hydrogen-bond acceptors (Lipinski definition) is 3. The van der Waals surface area contributed by atoms with Crippen LogP contribution in [-0.2, 0) is 0 Å². The van der Waals surface area contributed by atoms with Crippen molar-refractivity contribution in [3.63, 3.8) is 0 Å². The Morgan fingerprint density at radius 3 is 2.75 bits per heavy atom. The van der Waals surface area contributed by atoms with Gasteiger partial charge >= 0.3 is 0 Å². The van der Waals surface area contributed by atoms with Crippen molar-refractivity contribution in [3.05, 3.63) is 18.7 Å². The number of carbonyl (C=O) groups excluding carboxylic acids is 1. The van der Waals surface area contributed by atoms with Crippen LogP contribution in [0.2, 0.25) is 0 Å². The summed E-state index contributed by atoms with van der Waals surface area (Å²) in [5.41, 5.74) is -0.957. The van der Waals surface area contributed by atoms with E-state index in [0.29, 0.717) is 0 Å². The molecule has 0 saturated carbocycles. The summed E-state index contributed by atoms with van der Waals surface area (Å²) < 4.78 is 1.36. The fraction of sp³-hybridized carbons (Fsp3) is 0.500. The van der Waals surface area contributed by atoms with Gasteiger partial charge < -0.3 is 5.11 Å². The van der Waals surface area contributed by atoms with Gasteiger partial charge in [-0.05, 0) is 13.8 Å². The standard InChI is InChI=1S/C8H12N2O2/c1-8(2,12)5-7(11)10-4-3-9-6-10/h3-4,6,12H,5H2,1-2H3. The fourth-order valence-electron chi connectivity index (χ4n) is 0.868. The van der Waals surface area contributed by atoms with E-state index in [4.69, 9.17) is 0 Å². The van der Waals surface area contributed by atoms with Gasteiger partial charge in [0.2, 0.25) is 5.91 Å². The summed E-state index contributed by atoms with van der Waals surface area (Å²) in [6.07, 6.45) is 4.62. The zero-order valence-electron chi connectivity index (χ0n) is 7.19. The third-order valence-corrected chi connectivity index (χ3v) is 1.38. The Morgan fingerprint density at radius 2 is 2.33 bits per heavy atom. The molecule has 0 fully saturated rings. The molecule has 0 spiro atoms. The second-order valence-corrected chi connectivity index (χ2v) is 3.35. The Morgan fingerprint density at radius 1 is 1.67 bits per heavy atom. The molecule has 0 bridgehead atoms. The number of aromatic nitrogens is 2. The summed E-state index contributed by atoms with van der Waals surface area (Å²) in [6.45, 7) is 3.20. The number of rotatable bonds is 2. The summed E-state index contributed by atoms with van der Waals surface area (Å²) in [5, 5.41) is 9.33. The maximum atomic E-state index is 11.3. The molecule has 0 unspecified atom stereocenters. The highest BCUT2D eigenvalue weighted by molar-refractivity contribution is 5.79. The smallest absolute Gasteiger partial charge is 0.234 e. The minimum atomic E-state index is -0.957. The van der Waals surface area contributed by atoms with Gasteiger partial charge in [0.1, 0.15) is 6.33 Å². The lowest BCUT2D eigenvalue weighted by Crippen LogP contribution is -2.25. The molecule has 1 rings (SSSR count). The van der Waals surface area contributed by atoms with Gasteiger partial charge in [-0.15, -0.1) is 0 Å². The molecule has 4 heteroatoms. The first kappa shape index (κ1) is 8.93. The molecule has 0 aliphatic heterocycles. The van der Waals surface area contributed by atoms with Crippen LogP contribution in [0.3, 0.4) is 0 Å². The lowest BCUT2D eigenvalue weighted by Gasteiger charge is -2.15. The highest BCUT2D eigenvalue weighted by Crippen LogP contribution is 2.08. The molecule has 1 aromatic rings. The van der Waals surface area contributed by atoms with Crippen molar-refractivity contribution in [2.24, 2.45) is 0 Å². The van der Waals surface area contributed by atoms with E-state index in [-0.39, 0.29) is 12.3 Å². The number of imidazole rings is 1. The van der Waals surface area contributed by atoms with Crippen molar-refractivity contribution in [1.82, 2.24) is 9.55 Å². The van der Waals surface area contributed by atoms with Gasteiger partial charge in [-0.3, -0.25) is 9.36 Å². The van der Waals surface area contributed by atoms with Crippen LogP contribution < -0.4 is 0 Å². The van der Waals surface area contributed by atoms with Crippen LogP contribution in [0, 0.1) is 0 Å². The van der Waals surface area contributed by atoms with E-state index in [1.54, 1.807) is 20.0 Å². The predicted octanol–water partition coefficient (Wildman–Crippen LogP) is 0.684. The zero-order valence-corrected chi connectivity index (χ0v) is 7.19. The average molecular weight is 168 g/mol. The van der Waals surface area contributed by atoms with Gasteiger partial charge in [-0.25, -0.2) is 4.98 Å². The molecule has 0 aliphatic carbocycles. The number of aliphatic hydroxyl groups is 1. The summed E-state index contributed by atoms with van der Waals surface area (Å²) in [4.78, 5) is 15.0. The Labute approximate surface area is 70.9 Å². The van der Waals surface area contributed by atoms with Gasteiger partial charge in [0, 0.05) is 12.4 Å². The highest BCUT2D eigenvalue weighted by atomic mass is 16.3. The quantitative estimate of drug-likeness (QED) is 0.706. The molecule has 0 amide bonds. The van der Waals surface area contributed by atoms with E-state index >= 15 is 0 Å². The molecule has 0 aliphatic rings. The van der Waals surface area contributed by atoms with Gasteiger partial charge in [0.25, 0.3) is 0 Å². The van der Waals surface area contributed by atoms with Crippen LogP contribution in [0.15, 0.2) is 18.7 Å². The molecule has 0 atom stereocenters. The van der Waals surface area contributed by atoms with E-state index < -0.39 is 5.60 Å². The lowest BCUT2D eigenvalue weighted by atomic mass is 10.1. The highest BCUT2D eigenvalue weighted by Gasteiger charge is 2.18. The van der Waals surface area contributed by atoms with Crippen molar-refractivity contribution in [2.75, 3.05) is 0 Å². The second-order valence-electron chi connectivity index (χ2n) is 3.35. The fourth-order valence-corrected chi connectivity index (χ4v) is 0.868. The van der Waals surface area contributed by atoms with Crippen LogP contribution in [0.4, 0.5) is 0 Å². The van der Waals surface area contributed by atoms with Crippen molar-refractivity contribution in [3.8, 4) is 0 Å². The topological polar surface area (TPSA) is 55.1 Å². The molecule has 1 aromatic heterocycles. The van der Waals surface area contributed by atoms with Crippen molar-refractivity contribution in [2.45, 2.75) is 25.9 Å². The average Bonchev–Trinajstić information content (AvgIpc) is 2.32. The van der Waals surface area contributed by atoms with E-state index in [0.717, 1.165) is 0 Å². The van der Waals surface area contributed by atoms with Crippen molar-refractivity contribution >= 4 is 5.91 Å². The van der Waals surface area contributed by atoms with Crippen molar-refractivity contribution in [1.29, 1.82) is 0 Å². The molecule has 66 valence electrons. The molecule has 1 heterocycles. The zero-order chi connectivity index (χ0) is 9.19. The van der Waals surface area contributed by atoms with E-state index in [1.165, 1.54) is 17.1 Å². The van der Waals surface area contributed by atoms with Crippen LogP contribution in [0.5, 0.6) is 0 Å².